The first-order valence-corrected chi connectivity index (χ1v) is 4.27. The molecule has 1 heterocycles. The molecule has 0 aromatic heterocycles. The third-order valence-corrected chi connectivity index (χ3v) is 2.24. The van der Waals surface area contributed by atoms with Gasteiger partial charge < -0.3 is 14.9 Å². The molecule has 1 fully saturated rings. The van der Waals surface area contributed by atoms with Crippen molar-refractivity contribution in [3.63, 3.8) is 0 Å². The molecule has 0 aromatic rings. The van der Waals surface area contributed by atoms with E-state index in [0.717, 1.165) is 0 Å². The van der Waals surface area contributed by atoms with Crippen LogP contribution in [0.4, 0.5) is 0 Å². The number of nitrogens with zero attached hydrogens (tertiary/aromatic N) is 1. The summed E-state index contributed by atoms with van der Waals surface area (Å²) in [5.74, 6) is -1.93. The Morgan fingerprint density at radius 1 is 1.50 bits per heavy atom. The highest BCUT2D eigenvalue weighted by Gasteiger charge is 2.35. The van der Waals surface area contributed by atoms with E-state index in [4.69, 9.17) is 14.9 Å². The highest BCUT2D eigenvalue weighted by molar-refractivity contribution is 5.74. The fraction of sp³-hybridized carbons (Fsp3) is 0.750. The van der Waals surface area contributed by atoms with Gasteiger partial charge in [0.05, 0.1) is 6.10 Å². The number of hydrogen-bond acceptors (Lipinski definition) is 4. The van der Waals surface area contributed by atoms with E-state index >= 15 is 0 Å². The van der Waals surface area contributed by atoms with Crippen LogP contribution < -0.4 is 0 Å². The maximum Gasteiger partial charge on any atom is 0.329 e. The van der Waals surface area contributed by atoms with Crippen molar-refractivity contribution in [3.05, 3.63) is 0 Å². The molecule has 2 atom stereocenters. The van der Waals surface area contributed by atoms with E-state index in [0.29, 0.717) is 13.0 Å². The SMILES string of the molecule is CN1C[C@@H](OCC(=O)O)C[C@H]1C(=O)O. The van der Waals surface area contributed by atoms with Crippen LogP contribution in [-0.4, -0.2) is 59.4 Å². The first-order chi connectivity index (χ1) is 6.50. The molecule has 0 saturated carbocycles. The smallest absolute Gasteiger partial charge is 0.329 e. The normalized spacial score (nSPS) is 27.8. The summed E-state index contributed by atoms with van der Waals surface area (Å²) >= 11 is 0. The predicted octanol–water partition coefficient (Wildman–Crippen LogP) is -0.755. The Kier molecular flexibility index (Phi) is 3.43. The van der Waals surface area contributed by atoms with Crippen molar-refractivity contribution in [2.45, 2.75) is 18.6 Å². The molecule has 1 saturated heterocycles. The molecular formula is C8H13NO5. The second-order valence-electron chi connectivity index (χ2n) is 3.36. The summed E-state index contributed by atoms with van der Waals surface area (Å²) in [4.78, 5) is 22.5. The topological polar surface area (TPSA) is 87.1 Å². The molecule has 0 radical (unpaired) electrons. The molecule has 80 valence electrons. The molecule has 0 amide bonds. The van der Waals surface area contributed by atoms with Crippen molar-refractivity contribution in [1.82, 2.24) is 4.90 Å². The maximum absolute atomic E-state index is 10.7. The van der Waals surface area contributed by atoms with Gasteiger partial charge in [0, 0.05) is 13.0 Å². The number of likely N-dealkylation sites (tertiary alicyclic amines) is 1. The number of aliphatic carboxylic acids is 2. The van der Waals surface area contributed by atoms with Crippen LogP contribution in [0, 0.1) is 0 Å². The number of hydrogen-bond donors (Lipinski definition) is 2. The van der Waals surface area contributed by atoms with Gasteiger partial charge in [-0.1, -0.05) is 0 Å². The van der Waals surface area contributed by atoms with Gasteiger partial charge in [0.2, 0.25) is 0 Å². The van der Waals surface area contributed by atoms with E-state index in [1.165, 1.54) is 0 Å². The average Bonchev–Trinajstić information content (AvgIpc) is 2.43. The first-order valence-electron chi connectivity index (χ1n) is 4.27. The van der Waals surface area contributed by atoms with Crippen LogP contribution >= 0.6 is 0 Å². The predicted molar refractivity (Wildman–Crippen MR) is 46.0 cm³/mol. The molecule has 1 aliphatic rings. The van der Waals surface area contributed by atoms with Crippen molar-refractivity contribution < 1.29 is 24.5 Å². The van der Waals surface area contributed by atoms with Crippen LogP contribution in [0.1, 0.15) is 6.42 Å². The van der Waals surface area contributed by atoms with Gasteiger partial charge in [-0.05, 0) is 7.05 Å². The summed E-state index contributed by atoms with van der Waals surface area (Å²) < 4.78 is 5.01. The largest absolute Gasteiger partial charge is 0.480 e. The van der Waals surface area contributed by atoms with Gasteiger partial charge in [-0.3, -0.25) is 9.69 Å². The van der Waals surface area contributed by atoms with E-state index in [-0.39, 0.29) is 12.7 Å². The van der Waals surface area contributed by atoms with Gasteiger partial charge in [0.1, 0.15) is 12.6 Å². The van der Waals surface area contributed by atoms with Gasteiger partial charge in [0.15, 0.2) is 0 Å². The molecule has 2 N–H and O–H groups in total. The van der Waals surface area contributed by atoms with Gasteiger partial charge >= 0.3 is 11.9 Å². The molecule has 1 rings (SSSR count). The fourth-order valence-electron chi connectivity index (χ4n) is 1.55. The highest BCUT2D eigenvalue weighted by atomic mass is 16.5. The summed E-state index contributed by atoms with van der Waals surface area (Å²) in [5.41, 5.74) is 0. The van der Waals surface area contributed by atoms with Gasteiger partial charge in [0.25, 0.3) is 0 Å². The number of carboxylic acids is 2. The van der Waals surface area contributed by atoms with Crippen LogP contribution in [0.5, 0.6) is 0 Å². The third-order valence-electron chi connectivity index (χ3n) is 2.24. The van der Waals surface area contributed by atoms with Crippen molar-refractivity contribution in [1.29, 1.82) is 0 Å². The lowest BCUT2D eigenvalue weighted by Crippen LogP contribution is -2.32. The molecule has 1 aliphatic heterocycles. The quantitative estimate of drug-likeness (QED) is 0.624. The molecule has 0 aromatic carbocycles. The number of likely N-dealkylation sites (N-methyl/N-ethyl adjacent to an activating group) is 1. The highest BCUT2D eigenvalue weighted by Crippen LogP contribution is 2.18. The lowest BCUT2D eigenvalue weighted by Gasteiger charge is -2.12. The Bertz CT molecular complexity index is 242. The average molecular weight is 203 g/mol. The van der Waals surface area contributed by atoms with E-state index < -0.39 is 18.0 Å². The maximum atomic E-state index is 10.7. The van der Waals surface area contributed by atoms with Crippen LogP contribution in [-0.2, 0) is 14.3 Å². The van der Waals surface area contributed by atoms with Crippen molar-refractivity contribution >= 4 is 11.9 Å². The minimum atomic E-state index is -1.04. The Morgan fingerprint density at radius 3 is 2.57 bits per heavy atom. The fourth-order valence-corrected chi connectivity index (χ4v) is 1.55. The molecular weight excluding hydrogens is 190 g/mol. The van der Waals surface area contributed by atoms with Gasteiger partial charge in [-0.25, -0.2) is 4.79 Å². The Hall–Kier alpha value is -1.14. The van der Waals surface area contributed by atoms with Crippen LogP contribution in [0.2, 0.25) is 0 Å². The van der Waals surface area contributed by atoms with Crippen LogP contribution in [0.15, 0.2) is 0 Å². The zero-order chi connectivity index (χ0) is 10.7. The minimum Gasteiger partial charge on any atom is -0.480 e. The van der Waals surface area contributed by atoms with E-state index in [2.05, 4.69) is 0 Å². The molecule has 0 spiro atoms. The number of rotatable bonds is 4. The van der Waals surface area contributed by atoms with Crippen molar-refractivity contribution in [3.8, 4) is 0 Å². The first kappa shape index (κ1) is 10.9. The number of carboxylic acid groups (broad SMARTS) is 2. The second-order valence-corrected chi connectivity index (χ2v) is 3.36. The summed E-state index contributed by atoms with van der Waals surface area (Å²) in [5, 5.41) is 17.1. The molecule has 0 bridgehead atoms. The lowest BCUT2D eigenvalue weighted by molar-refractivity contribution is -0.144. The van der Waals surface area contributed by atoms with Gasteiger partial charge in [-0.2, -0.15) is 0 Å². The van der Waals surface area contributed by atoms with E-state index in [9.17, 15) is 9.59 Å². The summed E-state index contributed by atoms with van der Waals surface area (Å²) in [6.45, 7) is 0.0924. The van der Waals surface area contributed by atoms with E-state index in [1.54, 1.807) is 11.9 Å². The third kappa shape index (κ3) is 2.68. The lowest BCUT2D eigenvalue weighted by atomic mass is 10.2. The molecule has 6 nitrogen and oxygen atoms in total. The zero-order valence-electron chi connectivity index (χ0n) is 7.84. The van der Waals surface area contributed by atoms with Gasteiger partial charge in [-0.15, -0.1) is 0 Å². The summed E-state index contributed by atoms with van der Waals surface area (Å²) in [7, 11) is 1.68. The monoisotopic (exact) mass is 203 g/mol. The number of ether oxygens (including phenoxy) is 1. The van der Waals surface area contributed by atoms with Crippen molar-refractivity contribution in [2.24, 2.45) is 0 Å². The molecule has 0 aliphatic carbocycles. The molecule has 6 heteroatoms. The van der Waals surface area contributed by atoms with E-state index in [1.807, 2.05) is 0 Å². The molecule has 14 heavy (non-hydrogen) atoms. The van der Waals surface area contributed by atoms with Crippen LogP contribution in [0.25, 0.3) is 0 Å². The second kappa shape index (κ2) is 4.39. The zero-order valence-corrected chi connectivity index (χ0v) is 7.84. The van der Waals surface area contributed by atoms with Crippen LogP contribution in [0.3, 0.4) is 0 Å². The Morgan fingerprint density at radius 2 is 2.14 bits per heavy atom. The minimum absolute atomic E-state index is 0.294. The standard InChI is InChI=1S/C8H13NO5/c1-9-3-5(14-4-7(10)11)2-6(9)8(12)13/h5-6H,2-4H2,1H3,(H,10,11)(H,12,13)/t5-,6-/m0/s1. The van der Waals surface area contributed by atoms with Crippen molar-refractivity contribution in [2.75, 3.05) is 20.2 Å². The number of carbonyl (C=O) groups is 2. The summed E-state index contributed by atoms with van der Waals surface area (Å²) in [6.07, 6.45) is 0.0521. The Balaban J connectivity index is 2.38. The Labute approximate surface area is 81.1 Å². The molecule has 0 unspecified atom stereocenters. The summed E-state index contributed by atoms with van der Waals surface area (Å²) in [6, 6.07) is -0.561.